The number of methoxy groups -OCH3 is 1. The average Bonchev–Trinajstić information content (AvgIpc) is 2.29. The van der Waals surface area contributed by atoms with Gasteiger partial charge < -0.3 is 4.74 Å². The molecule has 1 aromatic carbocycles. The topological polar surface area (TPSA) is 69.4 Å². The summed E-state index contributed by atoms with van der Waals surface area (Å²) in [5, 5.41) is 11.0. The molecule has 0 atom stereocenters. The molecule has 0 heterocycles. The van der Waals surface area contributed by atoms with Crippen molar-refractivity contribution in [3.05, 3.63) is 50.5 Å². The van der Waals surface area contributed by atoms with Gasteiger partial charge in [-0.2, -0.15) is 0 Å². The molecule has 0 aliphatic rings. The second-order valence-electron chi connectivity index (χ2n) is 3.20. The lowest BCUT2D eigenvalue weighted by Crippen LogP contribution is -2.14. The van der Waals surface area contributed by atoms with Gasteiger partial charge in [0.15, 0.2) is 0 Å². The van der Waals surface area contributed by atoms with E-state index in [-0.39, 0.29) is 5.57 Å². The molecule has 0 fully saturated rings. The molecule has 1 rings (SSSR count). The Kier molecular flexibility index (Phi) is 4.66. The summed E-state index contributed by atoms with van der Waals surface area (Å²) in [4.78, 5) is 21.1. The molecule has 0 saturated carbocycles. The van der Waals surface area contributed by atoms with Crippen molar-refractivity contribution in [1.29, 1.82) is 0 Å². The van der Waals surface area contributed by atoms with Gasteiger partial charge in [-0.1, -0.05) is 23.7 Å². The maximum atomic E-state index is 11.3. The summed E-state index contributed by atoms with van der Waals surface area (Å²) in [6.07, 6.45) is 1.41. The Morgan fingerprint density at radius 3 is 2.53 bits per heavy atom. The van der Waals surface area contributed by atoms with Crippen molar-refractivity contribution in [3.8, 4) is 0 Å². The number of esters is 1. The number of hydrogen-bond acceptors (Lipinski definition) is 4. The number of carbonyl (C=O) groups excluding carboxylic acids is 1. The van der Waals surface area contributed by atoms with E-state index in [0.717, 1.165) is 0 Å². The van der Waals surface area contributed by atoms with Gasteiger partial charge in [-0.15, -0.1) is 0 Å². The number of rotatable bonds is 4. The molecule has 0 aliphatic heterocycles. The maximum Gasteiger partial charge on any atom is 0.340 e. The van der Waals surface area contributed by atoms with Gasteiger partial charge in [0.25, 0.3) is 0 Å². The summed E-state index contributed by atoms with van der Waals surface area (Å²) in [5.74, 6) is -0.711. The molecule has 5 nitrogen and oxygen atoms in total. The van der Waals surface area contributed by atoms with Crippen LogP contribution in [0.1, 0.15) is 5.56 Å². The SMILES string of the molecule is COC(=O)/C(=C/c1ccc(Cl)cc1)C[N+](=O)[O-]. The number of benzene rings is 1. The van der Waals surface area contributed by atoms with E-state index in [9.17, 15) is 14.9 Å². The second kappa shape index (κ2) is 6.00. The lowest BCUT2D eigenvalue weighted by atomic mass is 10.1. The minimum atomic E-state index is -0.711. The highest BCUT2D eigenvalue weighted by molar-refractivity contribution is 6.30. The summed E-state index contributed by atoms with van der Waals surface area (Å²) in [5.41, 5.74) is 0.636. The molecule has 0 aliphatic carbocycles. The van der Waals surface area contributed by atoms with E-state index in [1.54, 1.807) is 24.3 Å². The molecule has 0 bridgehead atoms. The summed E-state index contributed by atoms with van der Waals surface area (Å²) in [6, 6.07) is 6.58. The van der Waals surface area contributed by atoms with Crippen molar-refractivity contribution < 1.29 is 14.5 Å². The van der Waals surface area contributed by atoms with Crippen LogP contribution in [0, 0.1) is 10.1 Å². The summed E-state index contributed by atoms with van der Waals surface area (Å²) >= 11 is 5.70. The van der Waals surface area contributed by atoms with Gasteiger partial charge in [-0.3, -0.25) is 10.1 Å². The molecule has 0 saturated heterocycles. The molecular formula is C11H10ClNO4. The number of nitro groups is 1. The van der Waals surface area contributed by atoms with E-state index in [4.69, 9.17) is 11.6 Å². The van der Waals surface area contributed by atoms with Crippen LogP contribution in [0.4, 0.5) is 0 Å². The molecule has 0 amide bonds. The molecule has 90 valence electrons. The van der Waals surface area contributed by atoms with E-state index in [1.165, 1.54) is 13.2 Å². The first-order chi connectivity index (χ1) is 8.02. The van der Waals surface area contributed by atoms with Gasteiger partial charge in [0.1, 0.15) is 5.57 Å². The van der Waals surface area contributed by atoms with Crippen LogP contribution in [0.5, 0.6) is 0 Å². The Labute approximate surface area is 103 Å². The van der Waals surface area contributed by atoms with Gasteiger partial charge in [-0.05, 0) is 23.8 Å². The highest BCUT2D eigenvalue weighted by Crippen LogP contribution is 2.13. The lowest BCUT2D eigenvalue weighted by Gasteiger charge is -2.01. The highest BCUT2D eigenvalue weighted by atomic mass is 35.5. The number of nitrogens with zero attached hydrogens (tertiary/aromatic N) is 1. The predicted molar refractivity (Wildman–Crippen MR) is 63.3 cm³/mol. The van der Waals surface area contributed by atoms with Crippen molar-refractivity contribution >= 4 is 23.6 Å². The summed E-state index contributed by atoms with van der Waals surface area (Å²) < 4.78 is 4.47. The summed E-state index contributed by atoms with van der Waals surface area (Å²) in [6.45, 7) is -0.574. The minimum Gasteiger partial charge on any atom is -0.465 e. The van der Waals surface area contributed by atoms with Crippen molar-refractivity contribution in [3.63, 3.8) is 0 Å². The molecule has 1 aromatic rings. The van der Waals surface area contributed by atoms with Crippen LogP contribution in [-0.2, 0) is 9.53 Å². The average molecular weight is 256 g/mol. The fraction of sp³-hybridized carbons (Fsp3) is 0.182. The maximum absolute atomic E-state index is 11.3. The van der Waals surface area contributed by atoms with Crippen LogP contribution >= 0.6 is 11.6 Å². The summed E-state index contributed by atoms with van der Waals surface area (Å²) in [7, 11) is 1.18. The van der Waals surface area contributed by atoms with E-state index in [2.05, 4.69) is 4.74 Å². The van der Waals surface area contributed by atoms with Crippen LogP contribution in [0.15, 0.2) is 29.8 Å². The lowest BCUT2D eigenvalue weighted by molar-refractivity contribution is -0.470. The molecule has 0 N–H and O–H groups in total. The van der Waals surface area contributed by atoms with Crippen LogP contribution in [0.25, 0.3) is 6.08 Å². The van der Waals surface area contributed by atoms with Gasteiger partial charge >= 0.3 is 5.97 Å². The van der Waals surface area contributed by atoms with Crippen LogP contribution in [-0.4, -0.2) is 24.5 Å². The molecule has 0 unspecified atom stereocenters. The number of hydrogen-bond donors (Lipinski definition) is 0. The van der Waals surface area contributed by atoms with Crippen LogP contribution < -0.4 is 0 Å². The Morgan fingerprint density at radius 1 is 1.47 bits per heavy atom. The van der Waals surface area contributed by atoms with Gasteiger partial charge in [0, 0.05) is 9.95 Å². The quantitative estimate of drug-likeness (QED) is 0.358. The largest absolute Gasteiger partial charge is 0.465 e. The molecule has 17 heavy (non-hydrogen) atoms. The standard InChI is InChI=1S/C11H10ClNO4/c1-17-11(14)9(7-13(15)16)6-8-2-4-10(12)5-3-8/h2-6H,7H2,1H3/b9-6+. The van der Waals surface area contributed by atoms with Gasteiger partial charge in [-0.25, -0.2) is 4.79 Å². The van der Waals surface area contributed by atoms with Crippen LogP contribution in [0.3, 0.4) is 0 Å². The Bertz CT molecular complexity index is 453. The first kappa shape index (κ1) is 13.2. The normalized spacial score (nSPS) is 11.1. The number of carbonyl (C=O) groups is 1. The zero-order valence-electron chi connectivity index (χ0n) is 9.05. The first-order valence-corrected chi connectivity index (χ1v) is 5.07. The Morgan fingerprint density at radius 2 is 2.06 bits per heavy atom. The smallest absolute Gasteiger partial charge is 0.340 e. The van der Waals surface area contributed by atoms with E-state index >= 15 is 0 Å². The van der Waals surface area contributed by atoms with Gasteiger partial charge in [0.05, 0.1) is 7.11 Å². The third kappa shape index (κ3) is 4.24. The molecule has 0 aromatic heterocycles. The number of halogens is 1. The monoisotopic (exact) mass is 255 g/mol. The van der Waals surface area contributed by atoms with Crippen molar-refractivity contribution in [2.45, 2.75) is 0 Å². The van der Waals surface area contributed by atoms with Gasteiger partial charge in [0.2, 0.25) is 6.54 Å². The van der Waals surface area contributed by atoms with E-state index < -0.39 is 17.4 Å². The fourth-order valence-corrected chi connectivity index (χ4v) is 1.33. The van der Waals surface area contributed by atoms with E-state index in [1.807, 2.05) is 0 Å². The minimum absolute atomic E-state index is 0.0141. The molecular weight excluding hydrogens is 246 g/mol. The van der Waals surface area contributed by atoms with Crippen molar-refractivity contribution in [1.82, 2.24) is 0 Å². The molecule has 6 heteroatoms. The zero-order valence-corrected chi connectivity index (χ0v) is 9.81. The fourth-order valence-electron chi connectivity index (χ4n) is 1.20. The second-order valence-corrected chi connectivity index (χ2v) is 3.64. The molecule has 0 spiro atoms. The number of ether oxygens (including phenoxy) is 1. The Balaban J connectivity index is 3.00. The van der Waals surface area contributed by atoms with Crippen molar-refractivity contribution in [2.75, 3.05) is 13.7 Å². The zero-order chi connectivity index (χ0) is 12.8. The molecule has 0 radical (unpaired) electrons. The van der Waals surface area contributed by atoms with E-state index in [0.29, 0.717) is 10.6 Å². The first-order valence-electron chi connectivity index (χ1n) is 4.69. The predicted octanol–water partition coefficient (Wildman–Crippen LogP) is 2.17. The highest BCUT2D eigenvalue weighted by Gasteiger charge is 2.15. The van der Waals surface area contributed by atoms with Crippen molar-refractivity contribution in [2.24, 2.45) is 0 Å². The van der Waals surface area contributed by atoms with Crippen LogP contribution in [0.2, 0.25) is 5.02 Å². The third-order valence-corrected chi connectivity index (χ3v) is 2.21. The third-order valence-electron chi connectivity index (χ3n) is 1.96. The Hall–Kier alpha value is -1.88.